The molecule has 8 heteroatoms. The maximum atomic E-state index is 13.4. The van der Waals surface area contributed by atoms with Gasteiger partial charge < -0.3 is 24.8 Å². The second kappa shape index (κ2) is 15.4. The van der Waals surface area contributed by atoms with Crippen LogP contribution in [0.5, 0.6) is 5.75 Å². The van der Waals surface area contributed by atoms with Crippen molar-refractivity contribution in [3.05, 3.63) is 54.1 Å². The monoisotopic (exact) mass is 484 g/mol. The summed E-state index contributed by atoms with van der Waals surface area (Å²) in [7, 11) is 0. The minimum absolute atomic E-state index is 0.190. The number of nitrogens with zero attached hydrogens (tertiary/aromatic N) is 1. The largest absolute Gasteiger partial charge is 0.492 e. The Labute approximate surface area is 208 Å². The van der Waals surface area contributed by atoms with Crippen molar-refractivity contribution in [2.75, 3.05) is 26.4 Å². The fourth-order valence-corrected chi connectivity index (χ4v) is 3.88. The highest BCUT2D eigenvalue weighted by Crippen LogP contribution is 2.29. The predicted octanol–water partition coefficient (Wildman–Crippen LogP) is 3.19. The Bertz CT molecular complexity index is 901. The summed E-state index contributed by atoms with van der Waals surface area (Å²) in [4.78, 5) is 38.7. The van der Waals surface area contributed by atoms with Gasteiger partial charge in [-0.25, -0.2) is 4.79 Å². The molecule has 2 rings (SSSR count). The number of carbonyl (C=O) groups is 3. The molecule has 1 aromatic carbocycles. The predicted molar refractivity (Wildman–Crippen MR) is 135 cm³/mol. The third-order valence-corrected chi connectivity index (χ3v) is 5.69. The molecule has 1 fully saturated rings. The highest BCUT2D eigenvalue weighted by Gasteiger charge is 2.46. The number of hydrogen-bond acceptors (Lipinski definition) is 5. The van der Waals surface area contributed by atoms with Gasteiger partial charge in [-0.3, -0.25) is 9.59 Å². The summed E-state index contributed by atoms with van der Waals surface area (Å²) in [5, 5.41) is 12.1. The third-order valence-electron chi connectivity index (χ3n) is 5.69. The van der Waals surface area contributed by atoms with Gasteiger partial charge in [0.25, 0.3) is 0 Å². The summed E-state index contributed by atoms with van der Waals surface area (Å²) in [5.74, 6) is -0.725. The van der Waals surface area contributed by atoms with Gasteiger partial charge in [-0.1, -0.05) is 36.4 Å². The number of hydrogen-bond donors (Lipinski definition) is 2. The fraction of sp³-hybridized carbons (Fsp3) is 0.444. The van der Waals surface area contributed by atoms with Crippen LogP contribution in [0.2, 0.25) is 0 Å². The minimum atomic E-state index is -1.02. The molecule has 1 aliphatic rings. The summed E-state index contributed by atoms with van der Waals surface area (Å²) in [6.07, 6.45) is 14.0. The van der Waals surface area contributed by atoms with E-state index in [9.17, 15) is 14.4 Å². The molecule has 1 saturated heterocycles. The first-order valence-electron chi connectivity index (χ1n) is 11.5. The van der Waals surface area contributed by atoms with Crippen LogP contribution in [0, 0.1) is 12.8 Å². The number of nitrogens with one attached hydrogen (secondary N) is 1. The molecule has 1 atom stereocenters. The van der Waals surface area contributed by atoms with E-state index in [1.807, 2.05) is 37.3 Å². The molecule has 0 radical (unpaired) electrons. The van der Waals surface area contributed by atoms with Crippen LogP contribution in [0.4, 0.5) is 0 Å². The lowest BCUT2D eigenvalue weighted by molar-refractivity contribution is -0.154. The van der Waals surface area contributed by atoms with E-state index >= 15 is 0 Å². The van der Waals surface area contributed by atoms with Crippen molar-refractivity contribution in [3.63, 3.8) is 0 Å². The van der Waals surface area contributed by atoms with Crippen molar-refractivity contribution in [2.45, 2.75) is 51.6 Å². The van der Waals surface area contributed by atoms with Crippen LogP contribution in [-0.2, 0) is 19.1 Å². The first-order chi connectivity index (χ1) is 16.8. The van der Waals surface area contributed by atoms with Gasteiger partial charge in [-0.15, -0.1) is 12.8 Å². The third kappa shape index (κ3) is 8.95. The zero-order valence-electron chi connectivity index (χ0n) is 20.7. The molecular weight excluding hydrogens is 448 g/mol. The normalized spacial score (nSPS) is 15.9. The van der Waals surface area contributed by atoms with E-state index in [0.29, 0.717) is 38.2 Å². The molecule has 1 heterocycles. The molecule has 2 N–H and O–H groups in total. The van der Waals surface area contributed by atoms with Crippen molar-refractivity contribution in [2.24, 2.45) is 0 Å². The van der Waals surface area contributed by atoms with Crippen LogP contribution < -0.4 is 10.1 Å². The lowest BCUT2D eigenvalue weighted by atomic mass is 9.86. The van der Waals surface area contributed by atoms with E-state index in [2.05, 4.69) is 18.2 Å². The second-order valence-electron chi connectivity index (χ2n) is 8.04. The molecule has 0 spiro atoms. The molecule has 0 aliphatic carbocycles. The average Bonchev–Trinajstić information content (AvgIpc) is 2.86. The van der Waals surface area contributed by atoms with E-state index in [1.165, 1.54) is 19.1 Å². The molecule has 35 heavy (non-hydrogen) atoms. The zero-order chi connectivity index (χ0) is 26.3. The van der Waals surface area contributed by atoms with Crippen LogP contribution in [0.1, 0.15) is 40.0 Å². The van der Waals surface area contributed by atoms with Crippen LogP contribution in [0.3, 0.4) is 0 Å². The Morgan fingerprint density at radius 1 is 1.23 bits per heavy atom. The average molecular weight is 485 g/mol. The van der Waals surface area contributed by atoms with Gasteiger partial charge >= 0.3 is 5.97 Å². The summed E-state index contributed by atoms with van der Waals surface area (Å²) in [6.45, 7) is 6.27. The molecule has 1 unspecified atom stereocenters. The molecular formula is C27H36N2O6. The molecule has 2 amide bonds. The Morgan fingerprint density at radius 2 is 1.86 bits per heavy atom. The molecule has 0 aromatic heterocycles. The lowest BCUT2D eigenvalue weighted by Crippen LogP contribution is -2.64. The highest BCUT2D eigenvalue weighted by atomic mass is 16.5. The maximum Gasteiger partial charge on any atom is 0.335 e. The number of carboxylic acid groups (broad SMARTS) is 1. The SMILES string of the molecule is C#C.C/C=C(\C=C/CC(C)NC(=O)C1(N(CCOc2ccccc2)C(C)=O)CCOCC1)C(=O)O. The van der Waals surface area contributed by atoms with E-state index in [4.69, 9.17) is 14.6 Å². The molecule has 1 aliphatic heterocycles. The van der Waals surface area contributed by atoms with Gasteiger partial charge in [-0.2, -0.15) is 0 Å². The molecule has 0 bridgehead atoms. The minimum Gasteiger partial charge on any atom is -0.492 e. The summed E-state index contributed by atoms with van der Waals surface area (Å²) >= 11 is 0. The fourth-order valence-electron chi connectivity index (χ4n) is 3.88. The van der Waals surface area contributed by atoms with E-state index in [1.54, 1.807) is 17.9 Å². The second-order valence-corrected chi connectivity index (χ2v) is 8.04. The van der Waals surface area contributed by atoms with Gasteiger partial charge in [0.2, 0.25) is 11.8 Å². The van der Waals surface area contributed by atoms with Gasteiger partial charge in [-0.05, 0) is 32.4 Å². The van der Waals surface area contributed by atoms with Crippen LogP contribution >= 0.6 is 0 Å². The van der Waals surface area contributed by atoms with E-state index in [-0.39, 0.29) is 36.6 Å². The van der Waals surface area contributed by atoms with Gasteiger partial charge in [0.15, 0.2) is 0 Å². The molecule has 8 nitrogen and oxygen atoms in total. The number of ether oxygens (including phenoxy) is 2. The van der Waals surface area contributed by atoms with Gasteiger partial charge in [0.05, 0.1) is 12.1 Å². The van der Waals surface area contributed by atoms with Gasteiger partial charge in [0, 0.05) is 39.0 Å². The Hall–Kier alpha value is -3.57. The van der Waals surface area contributed by atoms with Crippen LogP contribution in [-0.4, -0.2) is 65.7 Å². The number of para-hydroxylation sites is 1. The van der Waals surface area contributed by atoms with Crippen molar-refractivity contribution in [3.8, 4) is 18.6 Å². The topological polar surface area (TPSA) is 105 Å². The molecule has 190 valence electrons. The van der Waals surface area contributed by atoms with Crippen molar-refractivity contribution >= 4 is 17.8 Å². The maximum absolute atomic E-state index is 13.4. The van der Waals surface area contributed by atoms with Crippen molar-refractivity contribution in [1.29, 1.82) is 0 Å². The number of carboxylic acids is 1. The van der Waals surface area contributed by atoms with E-state index < -0.39 is 11.5 Å². The highest BCUT2D eigenvalue weighted by molar-refractivity contribution is 5.91. The number of aliphatic carboxylic acids is 1. The van der Waals surface area contributed by atoms with Gasteiger partial charge in [0.1, 0.15) is 17.9 Å². The standard InChI is InChI=1S/C25H34N2O6.C2H2/c1-4-21(23(29)30)10-8-9-19(2)26-24(31)25(13-16-32-17-14-25)27(20(3)28)15-18-33-22-11-6-5-7-12-22;1-2/h4-8,10-12,19H,9,13-18H2,1-3H3,(H,26,31)(H,29,30);1-2H/b10-8-,21-4+;. The summed E-state index contributed by atoms with van der Waals surface area (Å²) < 4.78 is 11.3. The van der Waals surface area contributed by atoms with Crippen molar-refractivity contribution < 1.29 is 29.0 Å². The Kier molecular flexibility index (Phi) is 12.9. The number of rotatable bonds is 11. The number of amides is 2. The summed E-state index contributed by atoms with van der Waals surface area (Å²) in [5.41, 5.74) is -0.826. The Balaban J connectivity index is 0.00000298. The van der Waals surface area contributed by atoms with E-state index in [0.717, 1.165) is 0 Å². The molecule has 0 saturated carbocycles. The van der Waals surface area contributed by atoms with Crippen molar-refractivity contribution in [1.82, 2.24) is 10.2 Å². The Morgan fingerprint density at radius 3 is 2.40 bits per heavy atom. The quantitative estimate of drug-likeness (QED) is 0.284. The first kappa shape index (κ1) is 29.5. The summed E-state index contributed by atoms with van der Waals surface area (Å²) in [6, 6.07) is 9.08. The smallest absolute Gasteiger partial charge is 0.335 e. The zero-order valence-corrected chi connectivity index (χ0v) is 20.7. The number of allylic oxidation sites excluding steroid dienone is 1. The number of terminal acetylenes is 1. The number of benzene rings is 1. The lowest BCUT2D eigenvalue weighted by Gasteiger charge is -2.44. The first-order valence-corrected chi connectivity index (χ1v) is 11.5. The molecule has 1 aromatic rings. The van der Waals surface area contributed by atoms with Crippen LogP contribution in [0.25, 0.3) is 0 Å². The number of carbonyl (C=O) groups excluding carboxylic acids is 2. The van der Waals surface area contributed by atoms with Crippen LogP contribution in [0.15, 0.2) is 54.1 Å².